The molecule has 0 aliphatic rings. The maximum Gasteiger partial charge on any atom is 0.151 e. The summed E-state index contributed by atoms with van der Waals surface area (Å²) in [6.07, 6.45) is 3.15. The van der Waals surface area contributed by atoms with Crippen molar-refractivity contribution in [1.82, 2.24) is 14.8 Å². The number of nitrogens with zero attached hydrogens (tertiary/aromatic N) is 4. The van der Waals surface area contributed by atoms with Crippen LogP contribution in [0.2, 0.25) is 0 Å². The van der Waals surface area contributed by atoms with Gasteiger partial charge in [0, 0.05) is 6.20 Å². The van der Waals surface area contributed by atoms with Crippen LogP contribution in [0.25, 0.3) is 16.6 Å². The first-order chi connectivity index (χ1) is 8.79. The van der Waals surface area contributed by atoms with E-state index >= 15 is 0 Å². The molecule has 0 amide bonds. The topological polar surface area (TPSA) is 54.5 Å². The lowest BCUT2D eigenvalue weighted by Gasteiger charge is -2.03. The third kappa shape index (κ3) is 1.52. The van der Waals surface area contributed by atoms with Gasteiger partial charge in [-0.2, -0.15) is 10.4 Å². The first kappa shape index (κ1) is 10.4. The number of hydrogen-bond acceptors (Lipinski definition) is 3. The van der Waals surface area contributed by atoms with E-state index in [1.54, 1.807) is 35.3 Å². The van der Waals surface area contributed by atoms with E-state index < -0.39 is 0 Å². The SMILES string of the molecule is N#Cc1nccc2c1cnn2-c1ccc(F)cc1. The van der Waals surface area contributed by atoms with E-state index in [2.05, 4.69) is 10.1 Å². The highest BCUT2D eigenvalue weighted by molar-refractivity contribution is 5.84. The molecule has 3 aromatic rings. The highest BCUT2D eigenvalue weighted by atomic mass is 19.1. The van der Waals surface area contributed by atoms with Crippen LogP contribution in [0, 0.1) is 17.1 Å². The average molecular weight is 238 g/mol. The molecule has 0 saturated carbocycles. The quantitative estimate of drug-likeness (QED) is 0.654. The predicted octanol–water partition coefficient (Wildman–Crippen LogP) is 2.43. The Bertz CT molecular complexity index is 753. The van der Waals surface area contributed by atoms with E-state index in [4.69, 9.17) is 5.26 Å². The first-order valence-corrected chi connectivity index (χ1v) is 5.28. The van der Waals surface area contributed by atoms with Gasteiger partial charge in [-0.25, -0.2) is 14.1 Å². The molecule has 18 heavy (non-hydrogen) atoms. The van der Waals surface area contributed by atoms with E-state index in [0.717, 1.165) is 11.2 Å². The maximum atomic E-state index is 12.9. The number of halogens is 1. The lowest BCUT2D eigenvalue weighted by atomic mass is 10.2. The number of pyridine rings is 1. The number of nitriles is 1. The monoisotopic (exact) mass is 238 g/mol. The second-order valence-electron chi connectivity index (χ2n) is 3.74. The number of aromatic nitrogens is 3. The van der Waals surface area contributed by atoms with Crippen LogP contribution in [0.1, 0.15) is 5.69 Å². The predicted molar refractivity (Wildman–Crippen MR) is 63.5 cm³/mol. The molecule has 1 aromatic carbocycles. The summed E-state index contributed by atoms with van der Waals surface area (Å²) in [5.41, 5.74) is 1.84. The van der Waals surface area contributed by atoms with Crippen molar-refractivity contribution in [2.24, 2.45) is 0 Å². The number of fused-ring (bicyclic) bond motifs is 1. The zero-order valence-corrected chi connectivity index (χ0v) is 9.21. The van der Waals surface area contributed by atoms with Crippen LogP contribution in [0.4, 0.5) is 4.39 Å². The Morgan fingerprint density at radius 1 is 1.17 bits per heavy atom. The summed E-state index contributed by atoms with van der Waals surface area (Å²) in [6.45, 7) is 0. The van der Waals surface area contributed by atoms with Gasteiger partial charge in [-0.15, -0.1) is 0 Å². The van der Waals surface area contributed by atoms with E-state index in [-0.39, 0.29) is 5.82 Å². The molecule has 3 rings (SSSR count). The number of hydrogen-bond donors (Lipinski definition) is 0. The molecular weight excluding hydrogens is 231 g/mol. The van der Waals surface area contributed by atoms with Crippen molar-refractivity contribution in [2.75, 3.05) is 0 Å². The fourth-order valence-electron chi connectivity index (χ4n) is 1.83. The van der Waals surface area contributed by atoms with Crippen molar-refractivity contribution in [3.05, 3.63) is 54.2 Å². The highest BCUT2D eigenvalue weighted by Gasteiger charge is 2.08. The summed E-state index contributed by atoms with van der Waals surface area (Å²) in [4.78, 5) is 3.97. The van der Waals surface area contributed by atoms with Gasteiger partial charge in [-0.3, -0.25) is 0 Å². The third-order valence-corrected chi connectivity index (χ3v) is 2.67. The molecule has 0 unspecified atom stereocenters. The van der Waals surface area contributed by atoms with Crippen LogP contribution >= 0.6 is 0 Å². The Kier molecular flexibility index (Phi) is 2.27. The largest absolute Gasteiger partial charge is 0.245 e. The Morgan fingerprint density at radius 2 is 1.94 bits per heavy atom. The molecule has 0 saturated heterocycles. The smallest absolute Gasteiger partial charge is 0.151 e. The second kappa shape index (κ2) is 3.93. The van der Waals surface area contributed by atoms with Crippen LogP contribution < -0.4 is 0 Å². The zero-order valence-electron chi connectivity index (χ0n) is 9.21. The van der Waals surface area contributed by atoms with Gasteiger partial charge >= 0.3 is 0 Å². The lowest BCUT2D eigenvalue weighted by Crippen LogP contribution is -1.96. The van der Waals surface area contributed by atoms with Gasteiger partial charge < -0.3 is 0 Å². The normalized spacial score (nSPS) is 10.4. The lowest BCUT2D eigenvalue weighted by molar-refractivity contribution is 0.627. The Balaban J connectivity index is 2.25. The van der Waals surface area contributed by atoms with Gasteiger partial charge in [0.2, 0.25) is 0 Å². The minimum absolute atomic E-state index is 0.297. The fourth-order valence-corrected chi connectivity index (χ4v) is 1.83. The van der Waals surface area contributed by atoms with Gasteiger partial charge in [0.05, 0.1) is 22.8 Å². The van der Waals surface area contributed by atoms with Gasteiger partial charge in [0.1, 0.15) is 11.9 Å². The molecule has 2 aromatic heterocycles. The van der Waals surface area contributed by atoms with Crippen molar-refractivity contribution in [2.45, 2.75) is 0 Å². The van der Waals surface area contributed by atoms with E-state index in [1.807, 2.05) is 6.07 Å². The second-order valence-corrected chi connectivity index (χ2v) is 3.74. The van der Waals surface area contributed by atoms with Gasteiger partial charge in [0.15, 0.2) is 5.69 Å². The molecule has 4 nitrogen and oxygen atoms in total. The summed E-state index contributed by atoms with van der Waals surface area (Å²) in [5, 5.41) is 13.8. The Labute approximate surface area is 102 Å². The molecule has 0 aliphatic carbocycles. The Morgan fingerprint density at radius 3 is 2.67 bits per heavy atom. The average Bonchev–Trinajstić information content (AvgIpc) is 2.83. The van der Waals surface area contributed by atoms with Gasteiger partial charge in [-0.05, 0) is 30.3 Å². The summed E-state index contributed by atoms with van der Waals surface area (Å²) >= 11 is 0. The van der Waals surface area contributed by atoms with Crippen molar-refractivity contribution in [1.29, 1.82) is 5.26 Å². The van der Waals surface area contributed by atoms with Crippen LogP contribution in [0.3, 0.4) is 0 Å². The minimum Gasteiger partial charge on any atom is -0.245 e. The molecule has 0 spiro atoms. The standard InChI is InChI=1S/C13H7FN4/c14-9-1-3-10(4-2-9)18-13-5-6-16-12(7-15)11(13)8-17-18/h1-6,8H. The van der Waals surface area contributed by atoms with Crippen molar-refractivity contribution < 1.29 is 4.39 Å². The summed E-state index contributed by atoms with van der Waals surface area (Å²) in [7, 11) is 0. The zero-order chi connectivity index (χ0) is 12.5. The van der Waals surface area contributed by atoms with Crippen LogP contribution in [0.15, 0.2) is 42.7 Å². The van der Waals surface area contributed by atoms with Gasteiger partial charge in [0.25, 0.3) is 0 Å². The van der Waals surface area contributed by atoms with E-state index in [1.165, 1.54) is 12.1 Å². The van der Waals surface area contributed by atoms with Crippen LogP contribution in [0.5, 0.6) is 0 Å². The molecule has 0 radical (unpaired) electrons. The summed E-state index contributed by atoms with van der Waals surface area (Å²) in [5.74, 6) is -0.297. The fraction of sp³-hybridized carbons (Fsp3) is 0. The molecule has 2 heterocycles. The molecule has 86 valence electrons. The van der Waals surface area contributed by atoms with Gasteiger partial charge in [-0.1, -0.05) is 0 Å². The van der Waals surface area contributed by atoms with Crippen LogP contribution in [-0.4, -0.2) is 14.8 Å². The Hall–Kier alpha value is -2.74. The van der Waals surface area contributed by atoms with Crippen molar-refractivity contribution in [3.8, 4) is 11.8 Å². The van der Waals surface area contributed by atoms with E-state index in [9.17, 15) is 4.39 Å². The summed E-state index contributed by atoms with van der Waals surface area (Å²) < 4.78 is 14.5. The molecule has 0 aliphatic heterocycles. The highest BCUT2D eigenvalue weighted by Crippen LogP contribution is 2.19. The summed E-state index contributed by atoms with van der Waals surface area (Å²) in [6, 6.07) is 9.80. The minimum atomic E-state index is -0.297. The van der Waals surface area contributed by atoms with Crippen molar-refractivity contribution >= 4 is 10.9 Å². The molecule has 0 bridgehead atoms. The molecular formula is C13H7FN4. The number of benzene rings is 1. The number of rotatable bonds is 1. The van der Waals surface area contributed by atoms with Crippen LogP contribution in [-0.2, 0) is 0 Å². The van der Waals surface area contributed by atoms with Crippen molar-refractivity contribution in [3.63, 3.8) is 0 Å². The third-order valence-electron chi connectivity index (χ3n) is 2.67. The first-order valence-electron chi connectivity index (χ1n) is 5.28. The molecule has 5 heteroatoms. The molecule has 0 fully saturated rings. The molecule has 0 N–H and O–H groups in total. The van der Waals surface area contributed by atoms with E-state index in [0.29, 0.717) is 11.1 Å². The molecule has 0 atom stereocenters. The maximum absolute atomic E-state index is 12.9.